The largest absolute Gasteiger partial charge is 0.433 e. The van der Waals surface area contributed by atoms with Gasteiger partial charge in [0, 0.05) is 11.2 Å². The van der Waals surface area contributed by atoms with Gasteiger partial charge in [0.1, 0.15) is 10.7 Å². The number of aromatic nitrogens is 3. The minimum Gasteiger partial charge on any atom is -0.345 e. The van der Waals surface area contributed by atoms with Gasteiger partial charge in [-0.2, -0.15) is 18.3 Å². The Morgan fingerprint density at radius 1 is 1.21 bits per heavy atom. The average molecular weight is 413 g/mol. The molecule has 6 rings (SSSR count). The first-order chi connectivity index (χ1) is 13.1. The highest BCUT2D eigenvalue weighted by Crippen LogP contribution is 2.55. The van der Waals surface area contributed by atoms with Crippen LogP contribution in [0.25, 0.3) is 5.65 Å². The van der Waals surface area contributed by atoms with Crippen LogP contribution in [-0.2, 0) is 6.18 Å². The van der Waals surface area contributed by atoms with Crippen LogP contribution in [0.4, 0.5) is 13.2 Å². The van der Waals surface area contributed by atoms with E-state index in [1.54, 1.807) is 0 Å². The maximum atomic E-state index is 13.4. The van der Waals surface area contributed by atoms with Gasteiger partial charge in [-0.25, -0.2) is 9.50 Å². The van der Waals surface area contributed by atoms with Crippen LogP contribution in [-0.4, -0.2) is 26.0 Å². The van der Waals surface area contributed by atoms with E-state index in [0.717, 1.165) is 25.3 Å². The molecule has 0 radical (unpaired) electrons. The maximum Gasteiger partial charge on any atom is 0.433 e. The zero-order chi connectivity index (χ0) is 19.8. The Bertz CT molecular complexity index is 948. The minimum atomic E-state index is -4.63. The van der Waals surface area contributed by atoms with E-state index in [1.165, 1.54) is 26.2 Å². The lowest BCUT2D eigenvalue weighted by molar-refractivity contribution is -0.142. The number of amides is 1. The SMILES string of the molecule is Cc1cc(C(F)(F)F)n2nc(C(=O)NC34CC5CC(CC(C5)C3)C4)c(Cl)c2n1. The van der Waals surface area contributed by atoms with Crippen molar-refractivity contribution in [2.75, 3.05) is 0 Å². The first-order valence-corrected chi connectivity index (χ1v) is 9.97. The van der Waals surface area contributed by atoms with Gasteiger partial charge < -0.3 is 5.32 Å². The number of alkyl halides is 3. The molecule has 2 heterocycles. The third-order valence-corrected chi connectivity index (χ3v) is 6.93. The Morgan fingerprint density at radius 3 is 2.32 bits per heavy atom. The van der Waals surface area contributed by atoms with Gasteiger partial charge in [-0.15, -0.1) is 0 Å². The molecule has 4 fully saturated rings. The summed E-state index contributed by atoms with van der Waals surface area (Å²) in [5, 5.41) is 6.87. The first-order valence-electron chi connectivity index (χ1n) is 9.59. The molecule has 0 saturated heterocycles. The fraction of sp³-hybridized carbons (Fsp3) is 0.632. The van der Waals surface area contributed by atoms with Gasteiger partial charge in [0.2, 0.25) is 0 Å². The van der Waals surface area contributed by atoms with Crippen molar-refractivity contribution >= 4 is 23.2 Å². The van der Waals surface area contributed by atoms with E-state index in [-0.39, 0.29) is 27.6 Å². The van der Waals surface area contributed by atoms with E-state index in [4.69, 9.17) is 11.6 Å². The fourth-order valence-electron chi connectivity index (χ4n) is 6.02. The number of nitrogens with one attached hydrogen (secondary N) is 1. The molecule has 2 aromatic rings. The second-order valence-corrected chi connectivity index (χ2v) is 9.21. The van der Waals surface area contributed by atoms with Crippen LogP contribution in [0.2, 0.25) is 5.02 Å². The van der Waals surface area contributed by atoms with Gasteiger partial charge in [0.05, 0.1) is 0 Å². The van der Waals surface area contributed by atoms with Crippen molar-refractivity contribution in [2.24, 2.45) is 17.8 Å². The van der Waals surface area contributed by atoms with E-state index in [0.29, 0.717) is 22.3 Å². The second kappa shape index (κ2) is 5.84. The summed E-state index contributed by atoms with van der Waals surface area (Å²) < 4.78 is 40.8. The lowest BCUT2D eigenvalue weighted by atomic mass is 9.53. The van der Waals surface area contributed by atoms with E-state index in [9.17, 15) is 18.0 Å². The summed E-state index contributed by atoms with van der Waals surface area (Å²) in [5.41, 5.74) is -1.45. The fourth-order valence-corrected chi connectivity index (χ4v) is 6.27. The molecule has 0 unspecified atom stereocenters. The summed E-state index contributed by atoms with van der Waals surface area (Å²) in [4.78, 5) is 17.1. The minimum absolute atomic E-state index is 0.142. The van der Waals surface area contributed by atoms with Gasteiger partial charge in [-0.3, -0.25) is 4.79 Å². The zero-order valence-electron chi connectivity index (χ0n) is 15.3. The Hall–Kier alpha value is -1.83. The predicted octanol–water partition coefficient (Wildman–Crippen LogP) is 4.41. The molecule has 150 valence electrons. The number of rotatable bonds is 2. The molecule has 28 heavy (non-hydrogen) atoms. The molecule has 4 saturated carbocycles. The second-order valence-electron chi connectivity index (χ2n) is 8.83. The van der Waals surface area contributed by atoms with E-state index in [1.807, 2.05) is 0 Å². The number of carbonyl (C=O) groups is 1. The third-order valence-electron chi connectivity index (χ3n) is 6.58. The molecule has 0 aliphatic heterocycles. The molecule has 4 bridgehead atoms. The lowest BCUT2D eigenvalue weighted by Gasteiger charge is -2.56. The number of hydrogen-bond acceptors (Lipinski definition) is 3. The van der Waals surface area contributed by atoms with Crippen LogP contribution in [0.1, 0.15) is 60.4 Å². The van der Waals surface area contributed by atoms with Gasteiger partial charge in [-0.05, 0) is 69.3 Å². The van der Waals surface area contributed by atoms with Crippen molar-refractivity contribution in [3.8, 4) is 0 Å². The Labute approximate surface area is 164 Å². The topological polar surface area (TPSA) is 59.3 Å². The Morgan fingerprint density at radius 2 is 1.79 bits per heavy atom. The molecule has 1 N–H and O–H groups in total. The van der Waals surface area contributed by atoms with Crippen LogP contribution < -0.4 is 5.32 Å². The van der Waals surface area contributed by atoms with Crippen LogP contribution in [0.15, 0.2) is 6.07 Å². The number of aryl methyl sites for hydroxylation is 1. The monoisotopic (exact) mass is 412 g/mol. The van der Waals surface area contributed by atoms with Crippen molar-refractivity contribution in [3.63, 3.8) is 0 Å². The normalized spacial score (nSPS) is 31.5. The number of fused-ring (bicyclic) bond motifs is 1. The highest BCUT2D eigenvalue weighted by Gasteiger charge is 2.51. The highest BCUT2D eigenvalue weighted by molar-refractivity contribution is 6.36. The van der Waals surface area contributed by atoms with Crippen molar-refractivity contribution in [3.05, 3.63) is 28.2 Å². The highest BCUT2D eigenvalue weighted by atomic mass is 35.5. The number of carbonyl (C=O) groups excluding carboxylic acids is 1. The van der Waals surface area contributed by atoms with Gasteiger partial charge >= 0.3 is 6.18 Å². The maximum absolute atomic E-state index is 13.4. The number of hydrogen-bond donors (Lipinski definition) is 1. The molecule has 0 atom stereocenters. The first kappa shape index (κ1) is 18.2. The summed E-state index contributed by atoms with van der Waals surface area (Å²) in [5.74, 6) is 1.38. The summed E-state index contributed by atoms with van der Waals surface area (Å²) in [6.45, 7) is 1.45. The molecular weight excluding hydrogens is 393 g/mol. The average Bonchev–Trinajstić information content (AvgIpc) is 2.88. The Kier molecular flexibility index (Phi) is 3.80. The molecule has 4 aliphatic rings. The molecule has 9 heteroatoms. The van der Waals surface area contributed by atoms with Crippen LogP contribution in [0, 0.1) is 24.7 Å². The summed E-state index contributed by atoms with van der Waals surface area (Å²) in [6, 6.07) is 0.900. The Balaban J connectivity index is 1.51. The molecule has 0 spiro atoms. The van der Waals surface area contributed by atoms with E-state index >= 15 is 0 Å². The van der Waals surface area contributed by atoms with Gasteiger partial charge in [0.25, 0.3) is 5.91 Å². The van der Waals surface area contributed by atoms with Crippen LogP contribution in [0.3, 0.4) is 0 Å². The quantitative estimate of drug-likeness (QED) is 0.794. The summed E-state index contributed by atoms with van der Waals surface area (Å²) in [7, 11) is 0. The summed E-state index contributed by atoms with van der Waals surface area (Å²) >= 11 is 6.26. The molecule has 4 aliphatic carbocycles. The van der Waals surface area contributed by atoms with Crippen molar-refractivity contribution < 1.29 is 18.0 Å². The van der Waals surface area contributed by atoms with E-state index in [2.05, 4.69) is 15.4 Å². The molecule has 2 aromatic heterocycles. The predicted molar refractivity (Wildman–Crippen MR) is 96.1 cm³/mol. The standard InChI is InChI=1S/C19H20ClF3N4O/c1-9-2-13(19(21,22)23)27-16(24-9)14(20)15(26-27)17(28)25-18-6-10-3-11(7-18)5-12(4-10)8-18/h2,10-12H,3-8H2,1H3,(H,25,28). The molecule has 5 nitrogen and oxygen atoms in total. The zero-order valence-corrected chi connectivity index (χ0v) is 16.1. The molecular formula is C19H20ClF3N4O. The van der Waals surface area contributed by atoms with E-state index < -0.39 is 17.8 Å². The van der Waals surface area contributed by atoms with Crippen LogP contribution in [0.5, 0.6) is 0 Å². The van der Waals surface area contributed by atoms with Crippen molar-refractivity contribution in [1.82, 2.24) is 19.9 Å². The lowest BCUT2D eigenvalue weighted by Crippen LogP contribution is -2.59. The molecule has 1 amide bonds. The summed E-state index contributed by atoms with van der Waals surface area (Å²) in [6.07, 6.45) is 1.84. The van der Waals surface area contributed by atoms with Gasteiger partial charge in [-0.1, -0.05) is 11.6 Å². The molecule has 0 aromatic carbocycles. The number of nitrogens with zero attached hydrogens (tertiary/aromatic N) is 3. The van der Waals surface area contributed by atoms with Crippen molar-refractivity contribution in [2.45, 2.75) is 57.2 Å². The van der Waals surface area contributed by atoms with Crippen LogP contribution >= 0.6 is 11.6 Å². The number of halogens is 4. The third kappa shape index (κ3) is 2.79. The van der Waals surface area contributed by atoms with Crippen molar-refractivity contribution in [1.29, 1.82) is 0 Å². The smallest absolute Gasteiger partial charge is 0.345 e. The van der Waals surface area contributed by atoms with Gasteiger partial charge in [0.15, 0.2) is 11.3 Å².